The third-order valence-electron chi connectivity index (χ3n) is 6.04. The molecule has 1 aliphatic carbocycles. The SMILES string of the molecule is CCC(O)(CNCCCCCCN1CC(=O)NC1=O)c1ccc(F)c(OCC2CC2)c1. The van der Waals surface area contributed by atoms with Gasteiger partial charge in [0.1, 0.15) is 12.1 Å². The molecule has 0 aromatic heterocycles. The van der Waals surface area contributed by atoms with Gasteiger partial charge in [-0.25, -0.2) is 9.18 Å². The van der Waals surface area contributed by atoms with Gasteiger partial charge < -0.3 is 20.1 Å². The molecular formula is C23H34FN3O4. The van der Waals surface area contributed by atoms with Crippen LogP contribution in [-0.4, -0.2) is 54.7 Å². The minimum absolute atomic E-state index is 0.159. The molecule has 3 rings (SSSR count). The number of urea groups is 1. The number of amides is 3. The number of nitrogens with zero attached hydrogens (tertiary/aromatic N) is 1. The highest BCUT2D eigenvalue weighted by Gasteiger charge is 2.29. The first-order chi connectivity index (χ1) is 14.9. The number of nitrogens with one attached hydrogen (secondary N) is 2. The maximum Gasteiger partial charge on any atom is 0.324 e. The molecule has 1 aliphatic heterocycles. The Balaban J connectivity index is 1.35. The van der Waals surface area contributed by atoms with Crippen molar-refractivity contribution < 1.29 is 23.8 Å². The van der Waals surface area contributed by atoms with Crippen molar-refractivity contribution in [2.45, 2.75) is 57.5 Å². The molecule has 2 aliphatic rings. The lowest BCUT2D eigenvalue weighted by molar-refractivity contribution is -0.118. The third-order valence-corrected chi connectivity index (χ3v) is 6.04. The van der Waals surface area contributed by atoms with Crippen LogP contribution in [0.25, 0.3) is 0 Å². The predicted octanol–water partition coefficient (Wildman–Crippen LogP) is 2.91. The molecule has 0 spiro atoms. The van der Waals surface area contributed by atoms with Gasteiger partial charge in [0.05, 0.1) is 6.61 Å². The van der Waals surface area contributed by atoms with Gasteiger partial charge in [-0.2, -0.15) is 0 Å². The van der Waals surface area contributed by atoms with Gasteiger partial charge in [-0.3, -0.25) is 10.1 Å². The number of rotatable bonds is 14. The summed E-state index contributed by atoms with van der Waals surface area (Å²) in [6, 6.07) is 4.32. The number of carbonyl (C=O) groups is 2. The van der Waals surface area contributed by atoms with Gasteiger partial charge in [0, 0.05) is 13.1 Å². The van der Waals surface area contributed by atoms with E-state index in [1.165, 1.54) is 11.0 Å². The highest BCUT2D eigenvalue weighted by molar-refractivity contribution is 6.01. The number of halogens is 1. The van der Waals surface area contributed by atoms with Crippen molar-refractivity contribution in [1.29, 1.82) is 0 Å². The Hall–Kier alpha value is -2.19. The van der Waals surface area contributed by atoms with Gasteiger partial charge in [0.2, 0.25) is 5.91 Å². The maximum absolute atomic E-state index is 14.1. The lowest BCUT2D eigenvalue weighted by Gasteiger charge is -2.28. The van der Waals surface area contributed by atoms with Crippen LogP contribution >= 0.6 is 0 Å². The van der Waals surface area contributed by atoms with Gasteiger partial charge >= 0.3 is 6.03 Å². The molecule has 7 nitrogen and oxygen atoms in total. The first kappa shape index (κ1) is 23.5. The number of carbonyl (C=O) groups excluding carboxylic acids is 2. The summed E-state index contributed by atoms with van der Waals surface area (Å²) in [7, 11) is 0. The first-order valence-corrected chi connectivity index (χ1v) is 11.4. The maximum atomic E-state index is 14.1. The number of imide groups is 1. The van der Waals surface area contributed by atoms with E-state index in [1.807, 2.05) is 6.92 Å². The summed E-state index contributed by atoms with van der Waals surface area (Å²) in [5.74, 6) is 0.112. The van der Waals surface area contributed by atoms with E-state index in [1.54, 1.807) is 12.1 Å². The van der Waals surface area contributed by atoms with Crippen molar-refractivity contribution in [2.75, 3.05) is 32.8 Å². The van der Waals surface area contributed by atoms with Crippen molar-refractivity contribution in [2.24, 2.45) is 5.92 Å². The summed E-state index contributed by atoms with van der Waals surface area (Å²) in [5.41, 5.74) is -0.422. The fourth-order valence-corrected chi connectivity index (χ4v) is 3.69. The lowest BCUT2D eigenvalue weighted by atomic mass is 9.90. The zero-order valence-electron chi connectivity index (χ0n) is 18.3. The fourth-order valence-electron chi connectivity index (χ4n) is 3.69. The predicted molar refractivity (Wildman–Crippen MR) is 115 cm³/mol. The average molecular weight is 436 g/mol. The molecule has 31 heavy (non-hydrogen) atoms. The second-order valence-corrected chi connectivity index (χ2v) is 8.65. The molecule has 0 bridgehead atoms. The van der Waals surface area contributed by atoms with E-state index in [-0.39, 0.29) is 24.2 Å². The Morgan fingerprint density at radius 1 is 1.26 bits per heavy atom. The van der Waals surface area contributed by atoms with Crippen molar-refractivity contribution >= 4 is 11.9 Å². The van der Waals surface area contributed by atoms with E-state index in [9.17, 15) is 19.1 Å². The first-order valence-electron chi connectivity index (χ1n) is 11.4. The van der Waals surface area contributed by atoms with Gasteiger partial charge in [0.25, 0.3) is 0 Å². The summed E-state index contributed by atoms with van der Waals surface area (Å²) < 4.78 is 19.7. The van der Waals surface area contributed by atoms with Crippen LogP contribution in [0.1, 0.15) is 57.4 Å². The Morgan fingerprint density at radius 2 is 2.03 bits per heavy atom. The minimum atomic E-state index is -1.08. The Kier molecular flexibility index (Phi) is 8.26. The zero-order chi connectivity index (χ0) is 22.3. The number of hydrogen-bond acceptors (Lipinski definition) is 5. The summed E-state index contributed by atoms with van der Waals surface area (Å²) in [6.45, 7) is 4.34. The Labute approximate surface area is 183 Å². The van der Waals surface area contributed by atoms with E-state index >= 15 is 0 Å². The van der Waals surface area contributed by atoms with Crippen LogP contribution in [0.15, 0.2) is 18.2 Å². The average Bonchev–Trinajstić information content (AvgIpc) is 3.52. The molecule has 1 aromatic carbocycles. The number of unbranched alkanes of at least 4 members (excludes halogenated alkanes) is 3. The Bertz CT molecular complexity index is 771. The highest BCUT2D eigenvalue weighted by Crippen LogP contribution is 2.32. The molecule has 1 saturated heterocycles. The quantitative estimate of drug-likeness (QED) is 0.309. The van der Waals surface area contributed by atoms with Crippen molar-refractivity contribution in [3.8, 4) is 5.75 Å². The van der Waals surface area contributed by atoms with Gasteiger partial charge in [-0.15, -0.1) is 0 Å². The second-order valence-electron chi connectivity index (χ2n) is 8.65. The number of aliphatic hydroxyl groups is 1. The van der Waals surface area contributed by atoms with E-state index in [4.69, 9.17) is 4.74 Å². The van der Waals surface area contributed by atoms with Crippen molar-refractivity contribution in [1.82, 2.24) is 15.5 Å². The third kappa shape index (κ3) is 6.90. The largest absolute Gasteiger partial charge is 0.490 e. The van der Waals surface area contributed by atoms with Crippen LogP contribution in [0, 0.1) is 11.7 Å². The summed E-state index contributed by atoms with van der Waals surface area (Å²) in [6.07, 6.45) is 6.55. The molecule has 1 heterocycles. The number of hydrogen-bond donors (Lipinski definition) is 3. The van der Waals surface area contributed by atoms with Crippen LogP contribution in [-0.2, 0) is 10.4 Å². The monoisotopic (exact) mass is 435 g/mol. The van der Waals surface area contributed by atoms with Gasteiger partial charge in [0.15, 0.2) is 11.6 Å². The van der Waals surface area contributed by atoms with E-state index in [0.717, 1.165) is 45.1 Å². The van der Waals surface area contributed by atoms with E-state index in [2.05, 4.69) is 10.6 Å². The van der Waals surface area contributed by atoms with Crippen LogP contribution in [0.5, 0.6) is 5.75 Å². The van der Waals surface area contributed by atoms with Crippen LogP contribution in [0.2, 0.25) is 0 Å². The smallest absolute Gasteiger partial charge is 0.324 e. The zero-order valence-corrected chi connectivity index (χ0v) is 18.3. The Morgan fingerprint density at radius 3 is 2.71 bits per heavy atom. The normalized spacial score (nSPS) is 18.2. The highest BCUT2D eigenvalue weighted by atomic mass is 19.1. The van der Waals surface area contributed by atoms with Crippen molar-refractivity contribution in [3.63, 3.8) is 0 Å². The molecule has 1 aromatic rings. The fraction of sp³-hybridized carbons (Fsp3) is 0.652. The molecule has 8 heteroatoms. The molecule has 3 N–H and O–H groups in total. The standard InChI is InChI=1S/C23H34FN3O4/c1-2-23(30,18-9-10-19(24)20(13-18)31-15-17-7-8-17)16-25-11-5-3-4-6-12-27-14-21(28)26-22(27)29/h9-10,13,17,25,30H,2-8,11-12,14-16H2,1H3,(H,26,28,29). The van der Waals surface area contributed by atoms with E-state index < -0.39 is 11.4 Å². The molecular weight excluding hydrogens is 401 g/mol. The number of benzene rings is 1. The molecule has 2 fully saturated rings. The van der Waals surface area contributed by atoms with Crippen LogP contribution in [0.3, 0.4) is 0 Å². The summed E-state index contributed by atoms with van der Waals surface area (Å²) in [4.78, 5) is 24.2. The second kappa shape index (κ2) is 10.9. The topological polar surface area (TPSA) is 90.9 Å². The molecule has 0 radical (unpaired) electrons. The summed E-state index contributed by atoms with van der Waals surface area (Å²) in [5, 5.41) is 16.7. The minimum Gasteiger partial charge on any atom is -0.490 e. The van der Waals surface area contributed by atoms with Crippen LogP contribution in [0.4, 0.5) is 9.18 Å². The van der Waals surface area contributed by atoms with Crippen LogP contribution < -0.4 is 15.4 Å². The molecule has 172 valence electrons. The van der Waals surface area contributed by atoms with Gasteiger partial charge in [-0.05, 0) is 62.3 Å². The van der Waals surface area contributed by atoms with Crippen molar-refractivity contribution in [3.05, 3.63) is 29.6 Å². The molecule has 1 unspecified atom stereocenters. The molecule has 3 amide bonds. The van der Waals surface area contributed by atoms with E-state index in [0.29, 0.717) is 37.6 Å². The number of ether oxygens (including phenoxy) is 1. The summed E-state index contributed by atoms with van der Waals surface area (Å²) >= 11 is 0. The molecule has 1 atom stereocenters. The van der Waals surface area contributed by atoms with Gasteiger partial charge in [-0.1, -0.05) is 25.8 Å². The molecule has 1 saturated carbocycles. The lowest BCUT2D eigenvalue weighted by Crippen LogP contribution is -2.38.